The molecule has 2 unspecified atom stereocenters. The number of carbonyl (C=O) groups is 2. The van der Waals surface area contributed by atoms with Gasteiger partial charge < -0.3 is 19.4 Å². The minimum atomic E-state index is -0.348. The molecular formula is C24H32N4O3S. The van der Waals surface area contributed by atoms with Crippen molar-refractivity contribution in [3.05, 3.63) is 41.4 Å². The molecular weight excluding hydrogens is 424 g/mol. The fraction of sp³-hybridized carbons (Fsp3) is 0.542. The van der Waals surface area contributed by atoms with Crippen LogP contribution < -0.4 is 9.64 Å². The number of anilines is 1. The van der Waals surface area contributed by atoms with E-state index in [1.807, 2.05) is 45.6 Å². The van der Waals surface area contributed by atoms with Crippen LogP contribution in [0.4, 0.5) is 5.13 Å². The summed E-state index contributed by atoms with van der Waals surface area (Å²) in [6.07, 6.45) is 4.95. The number of methoxy groups -OCH3 is 1. The van der Waals surface area contributed by atoms with Crippen molar-refractivity contribution in [1.82, 2.24) is 14.8 Å². The molecule has 2 aliphatic rings. The SMILES string of the molecule is CCCCN1C(=O)CC(C(=O)N2CCCN(c3nccs3)CC2)C1c1ccc(OC)cc1. The van der Waals surface area contributed by atoms with Gasteiger partial charge in [-0.1, -0.05) is 25.5 Å². The number of nitrogens with zero attached hydrogens (tertiary/aromatic N) is 4. The zero-order valence-corrected chi connectivity index (χ0v) is 19.7. The van der Waals surface area contributed by atoms with Crippen molar-refractivity contribution in [3.8, 4) is 5.75 Å². The Balaban J connectivity index is 1.53. The van der Waals surface area contributed by atoms with E-state index in [2.05, 4.69) is 16.8 Å². The highest BCUT2D eigenvalue weighted by atomic mass is 32.1. The lowest BCUT2D eigenvalue weighted by atomic mass is 9.92. The Hall–Kier alpha value is -2.61. The van der Waals surface area contributed by atoms with Crippen molar-refractivity contribution >= 4 is 28.3 Å². The number of unbranched alkanes of at least 4 members (excludes halogenated alkanes) is 1. The minimum absolute atomic E-state index is 0.0804. The molecule has 2 amide bonds. The van der Waals surface area contributed by atoms with Crippen molar-refractivity contribution in [2.75, 3.05) is 44.7 Å². The zero-order valence-electron chi connectivity index (χ0n) is 18.9. The van der Waals surface area contributed by atoms with Crippen LogP contribution in [0, 0.1) is 5.92 Å². The molecule has 4 rings (SSSR count). The van der Waals surface area contributed by atoms with Gasteiger partial charge in [0, 0.05) is 50.7 Å². The molecule has 32 heavy (non-hydrogen) atoms. The normalized spacial score (nSPS) is 21.7. The molecule has 8 heteroatoms. The van der Waals surface area contributed by atoms with Gasteiger partial charge in [0.15, 0.2) is 5.13 Å². The van der Waals surface area contributed by atoms with Crippen molar-refractivity contribution in [1.29, 1.82) is 0 Å². The summed E-state index contributed by atoms with van der Waals surface area (Å²) in [7, 11) is 1.64. The zero-order chi connectivity index (χ0) is 22.5. The summed E-state index contributed by atoms with van der Waals surface area (Å²) in [5.74, 6) is 0.603. The number of ether oxygens (including phenoxy) is 1. The Morgan fingerprint density at radius 1 is 1.19 bits per heavy atom. The fourth-order valence-electron chi connectivity index (χ4n) is 4.75. The molecule has 2 fully saturated rings. The highest BCUT2D eigenvalue weighted by molar-refractivity contribution is 7.13. The number of hydrogen-bond acceptors (Lipinski definition) is 6. The van der Waals surface area contributed by atoms with Crippen LogP contribution in [0.5, 0.6) is 5.75 Å². The van der Waals surface area contributed by atoms with E-state index in [1.54, 1.807) is 18.4 Å². The van der Waals surface area contributed by atoms with Gasteiger partial charge >= 0.3 is 0 Å². The maximum atomic E-state index is 13.7. The molecule has 0 aliphatic carbocycles. The van der Waals surface area contributed by atoms with Gasteiger partial charge in [-0.3, -0.25) is 9.59 Å². The third-order valence-electron chi connectivity index (χ3n) is 6.46. The lowest BCUT2D eigenvalue weighted by Crippen LogP contribution is -2.41. The van der Waals surface area contributed by atoms with E-state index >= 15 is 0 Å². The molecule has 2 aromatic rings. The summed E-state index contributed by atoms with van der Waals surface area (Å²) in [4.78, 5) is 37.3. The second-order valence-electron chi connectivity index (χ2n) is 8.45. The van der Waals surface area contributed by atoms with Crippen LogP contribution >= 0.6 is 11.3 Å². The molecule has 1 aromatic carbocycles. The van der Waals surface area contributed by atoms with Crippen molar-refractivity contribution in [2.24, 2.45) is 5.92 Å². The highest BCUT2D eigenvalue weighted by Gasteiger charge is 2.45. The molecule has 0 spiro atoms. The Kier molecular flexibility index (Phi) is 7.29. The first-order valence-electron chi connectivity index (χ1n) is 11.5. The van der Waals surface area contributed by atoms with Crippen LogP contribution in [0.25, 0.3) is 0 Å². The van der Waals surface area contributed by atoms with E-state index in [1.165, 1.54) is 0 Å². The predicted molar refractivity (Wildman–Crippen MR) is 126 cm³/mol. The smallest absolute Gasteiger partial charge is 0.228 e. The van der Waals surface area contributed by atoms with Crippen LogP contribution in [0.3, 0.4) is 0 Å². The van der Waals surface area contributed by atoms with E-state index in [-0.39, 0.29) is 30.2 Å². The van der Waals surface area contributed by atoms with Crippen LogP contribution in [0.1, 0.15) is 44.2 Å². The molecule has 7 nitrogen and oxygen atoms in total. The Labute approximate surface area is 194 Å². The first-order valence-corrected chi connectivity index (χ1v) is 12.4. The number of carbonyl (C=O) groups excluding carboxylic acids is 2. The van der Waals surface area contributed by atoms with Crippen LogP contribution in [-0.2, 0) is 9.59 Å². The van der Waals surface area contributed by atoms with Gasteiger partial charge in [-0.25, -0.2) is 4.98 Å². The summed E-state index contributed by atoms with van der Waals surface area (Å²) in [6.45, 7) is 5.85. The molecule has 0 N–H and O–H groups in total. The summed E-state index contributed by atoms with van der Waals surface area (Å²) in [5.41, 5.74) is 1.00. The van der Waals surface area contributed by atoms with E-state index in [9.17, 15) is 9.59 Å². The summed E-state index contributed by atoms with van der Waals surface area (Å²) in [5, 5.41) is 3.00. The third-order valence-corrected chi connectivity index (χ3v) is 7.29. The molecule has 3 heterocycles. The quantitative estimate of drug-likeness (QED) is 0.637. The molecule has 2 aliphatic heterocycles. The van der Waals surface area contributed by atoms with E-state index in [0.717, 1.165) is 55.3 Å². The molecule has 172 valence electrons. The molecule has 2 saturated heterocycles. The van der Waals surface area contributed by atoms with Gasteiger partial charge in [0.2, 0.25) is 11.8 Å². The summed E-state index contributed by atoms with van der Waals surface area (Å²) < 4.78 is 5.30. The average Bonchev–Trinajstić information content (AvgIpc) is 3.39. The van der Waals surface area contributed by atoms with Gasteiger partial charge in [-0.2, -0.15) is 0 Å². The lowest BCUT2D eigenvalue weighted by molar-refractivity contribution is -0.136. The molecule has 1 aromatic heterocycles. The van der Waals surface area contributed by atoms with Gasteiger partial charge in [0.05, 0.1) is 19.1 Å². The van der Waals surface area contributed by atoms with Gasteiger partial charge in [-0.05, 0) is 30.5 Å². The number of amides is 2. The van der Waals surface area contributed by atoms with E-state index in [4.69, 9.17) is 4.74 Å². The molecule has 2 atom stereocenters. The predicted octanol–water partition coefficient (Wildman–Crippen LogP) is 3.58. The number of aromatic nitrogens is 1. The van der Waals surface area contributed by atoms with Crippen LogP contribution in [-0.4, -0.2) is 66.4 Å². The first-order chi connectivity index (χ1) is 15.6. The van der Waals surface area contributed by atoms with Crippen molar-refractivity contribution in [2.45, 2.75) is 38.6 Å². The van der Waals surface area contributed by atoms with Crippen LogP contribution in [0.2, 0.25) is 0 Å². The second kappa shape index (κ2) is 10.3. The highest BCUT2D eigenvalue weighted by Crippen LogP contribution is 2.40. The van der Waals surface area contributed by atoms with Crippen molar-refractivity contribution in [3.63, 3.8) is 0 Å². The summed E-state index contributed by atoms with van der Waals surface area (Å²) in [6, 6.07) is 7.60. The third kappa shape index (κ3) is 4.75. The summed E-state index contributed by atoms with van der Waals surface area (Å²) >= 11 is 1.63. The standard InChI is InChI=1S/C24H32N4O3S/c1-3-4-13-28-21(29)17-20(22(28)18-6-8-19(31-2)9-7-18)23(30)26-11-5-12-27(15-14-26)24-25-10-16-32-24/h6-10,16,20,22H,3-5,11-15,17H2,1-2H3. The second-order valence-corrected chi connectivity index (χ2v) is 9.32. The number of rotatable bonds is 7. The number of thiazole rings is 1. The Morgan fingerprint density at radius 3 is 2.69 bits per heavy atom. The monoisotopic (exact) mass is 456 g/mol. The minimum Gasteiger partial charge on any atom is -0.497 e. The topological polar surface area (TPSA) is 66.0 Å². The maximum absolute atomic E-state index is 13.7. The number of likely N-dealkylation sites (tertiary alicyclic amines) is 1. The largest absolute Gasteiger partial charge is 0.497 e. The fourth-order valence-corrected chi connectivity index (χ4v) is 5.45. The Bertz CT molecular complexity index is 902. The molecule has 0 bridgehead atoms. The van der Waals surface area contributed by atoms with Crippen molar-refractivity contribution < 1.29 is 14.3 Å². The van der Waals surface area contributed by atoms with E-state index < -0.39 is 0 Å². The average molecular weight is 457 g/mol. The van der Waals surface area contributed by atoms with Gasteiger partial charge in [0.25, 0.3) is 0 Å². The number of benzene rings is 1. The lowest BCUT2D eigenvalue weighted by Gasteiger charge is -2.31. The van der Waals surface area contributed by atoms with Gasteiger partial charge in [0.1, 0.15) is 5.75 Å². The first kappa shape index (κ1) is 22.6. The molecule has 0 radical (unpaired) electrons. The Morgan fingerprint density at radius 2 is 2.00 bits per heavy atom. The maximum Gasteiger partial charge on any atom is 0.228 e. The molecule has 0 saturated carbocycles. The van der Waals surface area contributed by atoms with Gasteiger partial charge in [-0.15, -0.1) is 11.3 Å². The van der Waals surface area contributed by atoms with Crippen LogP contribution in [0.15, 0.2) is 35.8 Å². The van der Waals surface area contributed by atoms with E-state index in [0.29, 0.717) is 13.1 Å². The number of hydrogen-bond donors (Lipinski definition) is 0.